The predicted octanol–water partition coefficient (Wildman–Crippen LogP) is 3.45. The van der Waals surface area contributed by atoms with E-state index in [1.807, 2.05) is 0 Å². The van der Waals surface area contributed by atoms with Gasteiger partial charge in [-0.2, -0.15) is 0 Å². The SMILES string of the molecule is CC(C)(CC(=O)O)CC(=O)Nc1c(F)cc(F)cc1Cl. The number of aliphatic carboxylic acids is 1. The Morgan fingerprint density at radius 1 is 1.30 bits per heavy atom. The lowest BCUT2D eigenvalue weighted by molar-refractivity contribution is -0.139. The van der Waals surface area contributed by atoms with Crippen molar-refractivity contribution in [2.24, 2.45) is 5.41 Å². The normalized spacial score (nSPS) is 11.2. The summed E-state index contributed by atoms with van der Waals surface area (Å²) in [6.45, 7) is 3.20. The first-order valence-corrected chi connectivity index (χ1v) is 6.15. The van der Waals surface area contributed by atoms with Crippen LogP contribution in [0.3, 0.4) is 0 Å². The van der Waals surface area contributed by atoms with Crippen LogP contribution in [0, 0.1) is 17.0 Å². The molecule has 0 bridgehead atoms. The summed E-state index contributed by atoms with van der Waals surface area (Å²) in [5.41, 5.74) is -1.11. The number of hydrogen-bond donors (Lipinski definition) is 2. The fraction of sp³-hybridized carbons (Fsp3) is 0.385. The minimum Gasteiger partial charge on any atom is -0.481 e. The molecule has 0 heterocycles. The zero-order chi connectivity index (χ0) is 15.5. The summed E-state index contributed by atoms with van der Waals surface area (Å²) in [6, 6.07) is 1.48. The van der Waals surface area contributed by atoms with Gasteiger partial charge in [0.2, 0.25) is 5.91 Å². The van der Waals surface area contributed by atoms with Crippen LogP contribution in [0.25, 0.3) is 0 Å². The number of carbonyl (C=O) groups is 2. The number of benzene rings is 1. The lowest BCUT2D eigenvalue weighted by atomic mass is 9.85. The monoisotopic (exact) mass is 305 g/mol. The van der Waals surface area contributed by atoms with Crippen molar-refractivity contribution in [1.29, 1.82) is 0 Å². The molecule has 7 heteroatoms. The Balaban J connectivity index is 2.79. The second kappa shape index (κ2) is 6.17. The number of nitrogens with one attached hydrogen (secondary N) is 1. The Morgan fingerprint density at radius 3 is 2.40 bits per heavy atom. The van der Waals surface area contributed by atoms with E-state index in [9.17, 15) is 18.4 Å². The smallest absolute Gasteiger partial charge is 0.303 e. The predicted molar refractivity (Wildman–Crippen MR) is 70.6 cm³/mol. The molecule has 110 valence electrons. The third kappa shape index (κ3) is 4.77. The topological polar surface area (TPSA) is 66.4 Å². The van der Waals surface area contributed by atoms with Crippen LogP contribution in [0.5, 0.6) is 0 Å². The third-order valence-electron chi connectivity index (χ3n) is 2.54. The molecule has 0 aliphatic heterocycles. The number of carboxylic acid groups (broad SMARTS) is 1. The summed E-state index contributed by atoms with van der Waals surface area (Å²) in [6.07, 6.45) is -0.341. The van der Waals surface area contributed by atoms with Gasteiger partial charge in [0.15, 0.2) is 5.82 Å². The number of rotatable bonds is 5. The van der Waals surface area contributed by atoms with Crippen molar-refractivity contribution in [3.05, 3.63) is 28.8 Å². The highest BCUT2D eigenvalue weighted by Gasteiger charge is 2.26. The summed E-state index contributed by atoms with van der Waals surface area (Å²) < 4.78 is 26.3. The molecule has 0 saturated heterocycles. The van der Waals surface area contributed by atoms with Gasteiger partial charge >= 0.3 is 5.97 Å². The van der Waals surface area contributed by atoms with Crippen LogP contribution in [0.15, 0.2) is 12.1 Å². The molecule has 0 saturated carbocycles. The average molecular weight is 306 g/mol. The van der Waals surface area contributed by atoms with Gasteiger partial charge in [0.25, 0.3) is 0 Å². The summed E-state index contributed by atoms with van der Waals surface area (Å²) in [5, 5.41) is 10.7. The number of carbonyl (C=O) groups excluding carboxylic acids is 1. The Labute approximate surface area is 119 Å². The van der Waals surface area contributed by atoms with Crippen LogP contribution in [0.1, 0.15) is 26.7 Å². The van der Waals surface area contributed by atoms with Crippen LogP contribution in [-0.4, -0.2) is 17.0 Å². The van der Waals surface area contributed by atoms with E-state index in [0.29, 0.717) is 6.07 Å². The van der Waals surface area contributed by atoms with Crippen LogP contribution >= 0.6 is 11.6 Å². The fourth-order valence-electron chi connectivity index (χ4n) is 1.75. The molecule has 0 unspecified atom stereocenters. The number of halogens is 3. The number of carboxylic acids is 1. The van der Waals surface area contributed by atoms with Crippen LogP contribution in [0.2, 0.25) is 5.02 Å². The summed E-state index contributed by atoms with van der Waals surface area (Å²) >= 11 is 5.65. The number of amides is 1. The average Bonchev–Trinajstić information content (AvgIpc) is 2.20. The lowest BCUT2D eigenvalue weighted by Crippen LogP contribution is -2.25. The highest BCUT2D eigenvalue weighted by atomic mass is 35.5. The fourth-order valence-corrected chi connectivity index (χ4v) is 1.99. The van der Waals surface area contributed by atoms with Crippen LogP contribution in [0.4, 0.5) is 14.5 Å². The molecular formula is C13H14ClF2NO3. The minimum atomic E-state index is -1.03. The van der Waals surface area contributed by atoms with Gasteiger partial charge in [-0.05, 0) is 11.5 Å². The zero-order valence-electron chi connectivity index (χ0n) is 11.0. The van der Waals surface area contributed by atoms with E-state index in [1.165, 1.54) is 0 Å². The van der Waals surface area contributed by atoms with Crippen LogP contribution in [-0.2, 0) is 9.59 Å². The first-order valence-electron chi connectivity index (χ1n) is 5.77. The van der Waals surface area contributed by atoms with Crippen molar-refractivity contribution in [1.82, 2.24) is 0 Å². The van der Waals surface area contributed by atoms with E-state index in [-0.39, 0.29) is 23.6 Å². The largest absolute Gasteiger partial charge is 0.481 e. The van der Waals surface area contributed by atoms with Crippen molar-refractivity contribution in [2.45, 2.75) is 26.7 Å². The molecule has 4 nitrogen and oxygen atoms in total. The molecule has 0 spiro atoms. The van der Waals surface area contributed by atoms with Crippen molar-refractivity contribution < 1.29 is 23.5 Å². The van der Waals surface area contributed by atoms with Gasteiger partial charge in [0.05, 0.1) is 17.1 Å². The standard InChI is InChI=1S/C13H14ClF2NO3/c1-13(2,6-11(19)20)5-10(18)17-12-8(14)3-7(15)4-9(12)16/h3-4H,5-6H2,1-2H3,(H,17,18)(H,19,20). The van der Waals surface area contributed by atoms with Crippen LogP contribution < -0.4 is 5.32 Å². The maximum atomic E-state index is 13.5. The van der Waals surface area contributed by atoms with Gasteiger partial charge in [-0.25, -0.2) is 8.78 Å². The molecule has 0 aromatic heterocycles. The summed E-state index contributed by atoms with van der Waals surface area (Å²) in [5.74, 6) is -3.46. The molecule has 0 aliphatic carbocycles. The van der Waals surface area contributed by atoms with E-state index in [4.69, 9.17) is 16.7 Å². The first-order chi connectivity index (χ1) is 9.10. The Bertz CT molecular complexity index is 523. The highest BCUT2D eigenvalue weighted by molar-refractivity contribution is 6.33. The van der Waals surface area contributed by atoms with Gasteiger partial charge < -0.3 is 10.4 Å². The third-order valence-corrected chi connectivity index (χ3v) is 2.84. The van der Waals surface area contributed by atoms with Crippen molar-refractivity contribution >= 4 is 29.2 Å². The van der Waals surface area contributed by atoms with Crippen molar-refractivity contribution in [2.75, 3.05) is 5.32 Å². The summed E-state index contributed by atoms with van der Waals surface area (Å²) in [4.78, 5) is 22.4. The second-order valence-electron chi connectivity index (χ2n) is 5.20. The van der Waals surface area contributed by atoms with Gasteiger partial charge in [-0.15, -0.1) is 0 Å². The van der Waals surface area contributed by atoms with E-state index < -0.39 is 28.9 Å². The van der Waals surface area contributed by atoms with Gasteiger partial charge in [-0.1, -0.05) is 25.4 Å². The molecule has 0 fully saturated rings. The van der Waals surface area contributed by atoms with E-state index in [1.54, 1.807) is 13.8 Å². The molecule has 0 atom stereocenters. The van der Waals surface area contributed by atoms with E-state index in [2.05, 4.69) is 5.32 Å². The highest BCUT2D eigenvalue weighted by Crippen LogP contribution is 2.29. The number of anilines is 1. The molecule has 0 aliphatic rings. The van der Waals surface area contributed by atoms with Gasteiger partial charge in [0, 0.05) is 12.5 Å². The van der Waals surface area contributed by atoms with Crippen molar-refractivity contribution in [3.8, 4) is 0 Å². The second-order valence-corrected chi connectivity index (χ2v) is 5.61. The number of hydrogen-bond acceptors (Lipinski definition) is 2. The molecule has 1 rings (SSSR count). The molecule has 2 N–H and O–H groups in total. The lowest BCUT2D eigenvalue weighted by Gasteiger charge is -2.21. The molecule has 1 amide bonds. The quantitative estimate of drug-likeness (QED) is 0.875. The first kappa shape index (κ1) is 16.4. The van der Waals surface area contributed by atoms with Gasteiger partial charge in [0.1, 0.15) is 5.82 Å². The van der Waals surface area contributed by atoms with Gasteiger partial charge in [-0.3, -0.25) is 9.59 Å². The van der Waals surface area contributed by atoms with E-state index in [0.717, 1.165) is 6.07 Å². The molecular weight excluding hydrogens is 292 g/mol. The zero-order valence-corrected chi connectivity index (χ0v) is 11.7. The summed E-state index contributed by atoms with van der Waals surface area (Å²) in [7, 11) is 0. The maximum absolute atomic E-state index is 13.5. The molecule has 1 aromatic rings. The Kier molecular flexibility index (Phi) is 5.05. The Morgan fingerprint density at radius 2 is 1.90 bits per heavy atom. The minimum absolute atomic E-state index is 0.132. The molecule has 1 aromatic carbocycles. The maximum Gasteiger partial charge on any atom is 0.303 e. The van der Waals surface area contributed by atoms with E-state index >= 15 is 0 Å². The Hall–Kier alpha value is -1.69. The molecule has 20 heavy (non-hydrogen) atoms. The van der Waals surface area contributed by atoms with Crippen molar-refractivity contribution in [3.63, 3.8) is 0 Å². The molecule has 0 radical (unpaired) electrons.